The molecule has 0 saturated heterocycles. The first-order valence-corrected chi connectivity index (χ1v) is 6.72. The third-order valence-electron chi connectivity index (χ3n) is 3.45. The van der Waals surface area contributed by atoms with E-state index >= 15 is 0 Å². The van der Waals surface area contributed by atoms with Crippen LogP contribution in [0.1, 0.15) is 70.7 Å². The highest BCUT2D eigenvalue weighted by Gasteiger charge is 2.22. The SMILES string of the molecule is CCc1cc(C(C)(C)C)c(C)cc1C(C)(C)C. The minimum atomic E-state index is 0.240. The predicted molar refractivity (Wildman–Crippen MR) is 78.0 cm³/mol. The second-order valence-electron chi connectivity index (χ2n) is 7.18. The maximum atomic E-state index is 2.43. The summed E-state index contributed by atoms with van der Waals surface area (Å²) in [5.41, 5.74) is 6.41. The van der Waals surface area contributed by atoms with Crippen molar-refractivity contribution in [3.8, 4) is 0 Å². The van der Waals surface area contributed by atoms with Crippen LogP contribution in [0.4, 0.5) is 0 Å². The fourth-order valence-corrected chi connectivity index (χ4v) is 2.55. The average molecular weight is 232 g/mol. The van der Waals surface area contributed by atoms with Gasteiger partial charge in [-0.05, 0) is 46.4 Å². The van der Waals surface area contributed by atoms with Crippen molar-refractivity contribution in [3.63, 3.8) is 0 Å². The van der Waals surface area contributed by atoms with Crippen LogP contribution < -0.4 is 0 Å². The highest BCUT2D eigenvalue weighted by Crippen LogP contribution is 2.33. The summed E-state index contributed by atoms with van der Waals surface area (Å²) in [7, 11) is 0. The lowest BCUT2D eigenvalue weighted by molar-refractivity contribution is 0.567. The van der Waals surface area contributed by atoms with Gasteiger partial charge in [-0.25, -0.2) is 0 Å². The summed E-state index contributed by atoms with van der Waals surface area (Å²) in [6.45, 7) is 18.3. The fourth-order valence-electron chi connectivity index (χ4n) is 2.55. The van der Waals surface area contributed by atoms with Crippen LogP contribution >= 0.6 is 0 Å². The summed E-state index contributed by atoms with van der Waals surface area (Å²) >= 11 is 0. The van der Waals surface area contributed by atoms with Crippen molar-refractivity contribution in [1.82, 2.24) is 0 Å². The Morgan fingerprint density at radius 2 is 1.29 bits per heavy atom. The van der Waals surface area contributed by atoms with Crippen LogP contribution in [0.3, 0.4) is 0 Å². The molecule has 0 aliphatic rings. The van der Waals surface area contributed by atoms with Gasteiger partial charge < -0.3 is 0 Å². The van der Waals surface area contributed by atoms with E-state index in [0.717, 1.165) is 6.42 Å². The van der Waals surface area contributed by atoms with E-state index in [9.17, 15) is 0 Å². The molecular weight excluding hydrogens is 204 g/mol. The molecule has 0 unspecified atom stereocenters. The molecule has 0 fully saturated rings. The van der Waals surface area contributed by atoms with Crippen molar-refractivity contribution in [3.05, 3.63) is 34.4 Å². The number of rotatable bonds is 1. The van der Waals surface area contributed by atoms with Crippen LogP contribution in [-0.2, 0) is 17.3 Å². The molecule has 0 aliphatic carbocycles. The molecule has 1 aromatic carbocycles. The molecule has 96 valence electrons. The molecule has 0 amide bonds. The van der Waals surface area contributed by atoms with Gasteiger partial charge in [0.15, 0.2) is 0 Å². The van der Waals surface area contributed by atoms with E-state index in [4.69, 9.17) is 0 Å². The lowest BCUT2D eigenvalue weighted by Crippen LogP contribution is -2.19. The Kier molecular flexibility index (Phi) is 3.76. The van der Waals surface area contributed by atoms with E-state index in [1.165, 1.54) is 22.3 Å². The van der Waals surface area contributed by atoms with E-state index < -0.39 is 0 Å². The molecule has 0 heteroatoms. The van der Waals surface area contributed by atoms with E-state index in [2.05, 4.69) is 67.5 Å². The van der Waals surface area contributed by atoms with Gasteiger partial charge in [0.1, 0.15) is 0 Å². The lowest BCUT2D eigenvalue weighted by Gasteiger charge is -2.28. The number of hydrogen-bond donors (Lipinski definition) is 0. The first-order valence-electron chi connectivity index (χ1n) is 6.72. The molecule has 0 nitrogen and oxygen atoms in total. The van der Waals surface area contributed by atoms with Gasteiger partial charge in [0.2, 0.25) is 0 Å². The van der Waals surface area contributed by atoms with E-state index in [-0.39, 0.29) is 10.8 Å². The van der Waals surface area contributed by atoms with Gasteiger partial charge in [-0.3, -0.25) is 0 Å². The minimum absolute atomic E-state index is 0.240. The summed E-state index contributed by atoms with van der Waals surface area (Å²) in [6.07, 6.45) is 1.12. The summed E-state index contributed by atoms with van der Waals surface area (Å²) in [5, 5.41) is 0. The third-order valence-corrected chi connectivity index (χ3v) is 3.45. The average Bonchev–Trinajstić information content (AvgIpc) is 2.14. The summed E-state index contributed by atoms with van der Waals surface area (Å²) < 4.78 is 0. The van der Waals surface area contributed by atoms with Crippen LogP contribution in [0.15, 0.2) is 12.1 Å². The predicted octanol–water partition coefficient (Wildman–Crippen LogP) is 5.15. The third kappa shape index (κ3) is 3.12. The van der Waals surface area contributed by atoms with Crippen molar-refractivity contribution in [2.24, 2.45) is 0 Å². The Labute approximate surface area is 107 Å². The molecule has 0 aliphatic heterocycles. The second kappa shape index (κ2) is 4.48. The molecule has 0 atom stereocenters. The molecule has 1 rings (SSSR count). The number of hydrogen-bond acceptors (Lipinski definition) is 0. The summed E-state index contributed by atoms with van der Waals surface area (Å²) in [6, 6.07) is 4.83. The Morgan fingerprint density at radius 1 is 0.824 bits per heavy atom. The van der Waals surface area contributed by atoms with Gasteiger partial charge in [0.05, 0.1) is 0 Å². The van der Waals surface area contributed by atoms with Gasteiger partial charge in [0, 0.05) is 0 Å². The van der Waals surface area contributed by atoms with Crippen LogP contribution in [0.25, 0.3) is 0 Å². The normalized spacial score (nSPS) is 12.9. The summed E-state index contributed by atoms with van der Waals surface area (Å²) in [4.78, 5) is 0. The zero-order valence-electron chi connectivity index (χ0n) is 12.9. The highest BCUT2D eigenvalue weighted by molar-refractivity contribution is 5.43. The van der Waals surface area contributed by atoms with Gasteiger partial charge in [-0.15, -0.1) is 0 Å². The monoisotopic (exact) mass is 232 g/mol. The molecule has 0 heterocycles. The largest absolute Gasteiger partial charge is 0.0613 e. The second-order valence-corrected chi connectivity index (χ2v) is 7.18. The molecule has 1 aromatic rings. The highest BCUT2D eigenvalue weighted by atomic mass is 14.3. The maximum absolute atomic E-state index is 2.43. The van der Waals surface area contributed by atoms with Crippen LogP contribution in [0.2, 0.25) is 0 Å². The van der Waals surface area contributed by atoms with Gasteiger partial charge in [-0.2, -0.15) is 0 Å². The Morgan fingerprint density at radius 3 is 1.65 bits per heavy atom. The van der Waals surface area contributed by atoms with E-state index in [1.807, 2.05) is 0 Å². The van der Waals surface area contributed by atoms with Crippen molar-refractivity contribution in [1.29, 1.82) is 0 Å². The van der Waals surface area contributed by atoms with E-state index in [0.29, 0.717) is 0 Å². The van der Waals surface area contributed by atoms with Crippen LogP contribution in [-0.4, -0.2) is 0 Å². The van der Waals surface area contributed by atoms with Gasteiger partial charge in [-0.1, -0.05) is 60.6 Å². The lowest BCUT2D eigenvalue weighted by atomic mass is 9.76. The Bertz CT molecular complexity index is 397. The summed E-state index contributed by atoms with van der Waals surface area (Å²) in [5.74, 6) is 0. The van der Waals surface area contributed by atoms with Crippen LogP contribution in [0, 0.1) is 6.92 Å². The smallest absolute Gasteiger partial charge is 0.0129 e. The molecule has 0 N–H and O–H groups in total. The zero-order chi connectivity index (χ0) is 13.4. The minimum Gasteiger partial charge on any atom is -0.0613 e. The standard InChI is InChI=1S/C17H28/c1-9-13-11-14(16(3,4)5)12(2)10-15(13)17(6,7)8/h10-11H,9H2,1-8H3. The van der Waals surface area contributed by atoms with Crippen molar-refractivity contribution < 1.29 is 0 Å². The number of aryl methyl sites for hydroxylation is 2. The van der Waals surface area contributed by atoms with Crippen molar-refractivity contribution >= 4 is 0 Å². The maximum Gasteiger partial charge on any atom is -0.0129 e. The molecular formula is C17H28. The fraction of sp³-hybridized carbons (Fsp3) is 0.647. The molecule has 0 bridgehead atoms. The van der Waals surface area contributed by atoms with Crippen molar-refractivity contribution in [2.45, 2.75) is 72.6 Å². The quantitative estimate of drug-likeness (QED) is 0.628. The molecule has 0 spiro atoms. The number of benzene rings is 1. The van der Waals surface area contributed by atoms with Gasteiger partial charge >= 0.3 is 0 Å². The Hall–Kier alpha value is -0.780. The molecule has 0 saturated carbocycles. The molecule has 0 radical (unpaired) electrons. The zero-order valence-corrected chi connectivity index (χ0v) is 12.9. The molecule has 17 heavy (non-hydrogen) atoms. The first kappa shape index (κ1) is 14.3. The van der Waals surface area contributed by atoms with Crippen molar-refractivity contribution in [2.75, 3.05) is 0 Å². The first-order chi connectivity index (χ1) is 7.57. The van der Waals surface area contributed by atoms with Crippen LogP contribution in [0.5, 0.6) is 0 Å². The Balaban J connectivity index is 3.46. The van der Waals surface area contributed by atoms with Gasteiger partial charge in [0.25, 0.3) is 0 Å². The molecule has 0 aromatic heterocycles. The topological polar surface area (TPSA) is 0 Å². The van der Waals surface area contributed by atoms with E-state index in [1.54, 1.807) is 0 Å².